The minimum Gasteiger partial charge on any atom is -0.481 e. The molecule has 0 radical (unpaired) electrons. The van der Waals surface area contributed by atoms with Crippen LogP contribution < -0.4 is 10.1 Å². The van der Waals surface area contributed by atoms with Crippen LogP contribution in [0.15, 0.2) is 42.5 Å². The van der Waals surface area contributed by atoms with Gasteiger partial charge in [0.05, 0.1) is 0 Å². The highest BCUT2D eigenvalue weighted by molar-refractivity contribution is 5.94. The van der Waals surface area contributed by atoms with Gasteiger partial charge in [0, 0.05) is 5.69 Å². The summed E-state index contributed by atoms with van der Waals surface area (Å²) in [5, 5.41) is 2.89. The van der Waals surface area contributed by atoms with E-state index in [0.29, 0.717) is 5.75 Å². The Morgan fingerprint density at radius 3 is 2.29 bits per heavy atom. The predicted octanol–water partition coefficient (Wildman–Crippen LogP) is 4.02. The van der Waals surface area contributed by atoms with Gasteiger partial charge in [-0.15, -0.1) is 0 Å². The van der Waals surface area contributed by atoms with Crippen LogP contribution in [0.2, 0.25) is 0 Å². The summed E-state index contributed by atoms with van der Waals surface area (Å²) in [5.74, 6) is 0.555. The standard InChI is InChI=1S/C18H21NO2/c1-12-6-5-7-17(11-12)21-15(4)18(20)19-16-9-13(2)8-14(3)10-16/h5-11,15H,1-4H3,(H,19,20). The zero-order valence-corrected chi connectivity index (χ0v) is 12.9. The smallest absolute Gasteiger partial charge is 0.265 e. The van der Waals surface area contributed by atoms with Gasteiger partial charge in [-0.25, -0.2) is 0 Å². The van der Waals surface area contributed by atoms with Crippen molar-refractivity contribution in [3.05, 3.63) is 59.2 Å². The van der Waals surface area contributed by atoms with Crippen LogP contribution in [0.25, 0.3) is 0 Å². The average molecular weight is 283 g/mol. The van der Waals surface area contributed by atoms with Crippen LogP contribution in [0, 0.1) is 20.8 Å². The van der Waals surface area contributed by atoms with Crippen LogP contribution in [0.1, 0.15) is 23.6 Å². The van der Waals surface area contributed by atoms with Crippen LogP contribution >= 0.6 is 0 Å². The maximum Gasteiger partial charge on any atom is 0.265 e. The van der Waals surface area contributed by atoms with Gasteiger partial charge in [0.2, 0.25) is 0 Å². The molecule has 2 rings (SSSR count). The first-order valence-corrected chi connectivity index (χ1v) is 7.06. The molecule has 1 unspecified atom stereocenters. The predicted molar refractivity (Wildman–Crippen MR) is 85.8 cm³/mol. The summed E-state index contributed by atoms with van der Waals surface area (Å²) in [6, 6.07) is 13.7. The average Bonchev–Trinajstić information content (AvgIpc) is 2.37. The lowest BCUT2D eigenvalue weighted by atomic mass is 10.1. The number of ether oxygens (including phenoxy) is 1. The summed E-state index contributed by atoms with van der Waals surface area (Å²) in [4.78, 5) is 12.2. The lowest BCUT2D eigenvalue weighted by Crippen LogP contribution is -2.30. The number of anilines is 1. The summed E-state index contributed by atoms with van der Waals surface area (Å²) in [7, 11) is 0. The molecule has 3 nitrogen and oxygen atoms in total. The van der Waals surface area contributed by atoms with Crippen LogP contribution in [0.5, 0.6) is 5.75 Å². The second-order valence-electron chi connectivity index (χ2n) is 5.44. The molecule has 0 saturated carbocycles. The third-order valence-electron chi connectivity index (χ3n) is 3.16. The Labute approximate surface area is 126 Å². The van der Waals surface area contributed by atoms with E-state index in [4.69, 9.17) is 4.74 Å². The molecule has 0 bridgehead atoms. The molecular weight excluding hydrogens is 262 g/mol. The fourth-order valence-corrected chi connectivity index (χ4v) is 2.24. The molecule has 0 aliphatic carbocycles. The molecule has 1 N–H and O–H groups in total. The first kappa shape index (κ1) is 15.1. The van der Waals surface area contributed by atoms with E-state index < -0.39 is 6.10 Å². The quantitative estimate of drug-likeness (QED) is 0.920. The van der Waals surface area contributed by atoms with Crippen molar-refractivity contribution in [1.29, 1.82) is 0 Å². The van der Waals surface area contributed by atoms with Crippen molar-refractivity contribution in [3.8, 4) is 5.75 Å². The third-order valence-corrected chi connectivity index (χ3v) is 3.16. The third kappa shape index (κ3) is 4.35. The van der Waals surface area contributed by atoms with Crippen molar-refractivity contribution in [2.45, 2.75) is 33.8 Å². The molecule has 0 aromatic heterocycles. The molecular formula is C18H21NO2. The number of benzene rings is 2. The van der Waals surface area contributed by atoms with Gasteiger partial charge in [-0.05, 0) is 68.7 Å². The second-order valence-corrected chi connectivity index (χ2v) is 5.44. The Morgan fingerprint density at radius 1 is 1.00 bits per heavy atom. The van der Waals surface area contributed by atoms with Gasteiger partial charge in [-0.2, -0.15) is 0 Å². The van der Waals surface area contributed by atoms with Gasteiger partial charge in [-0.1, -0.05) is 18.2 Å². The van der Waals surface area contributed by atoms with Crippen LogP contribution in [0.4, 0.5) is 5.69 Å². The van der Waals surface area contributed by atoms with E-state index in [1.807, 2.05) is 57.2 Å². The molecule has 2 aromatic rings. The molecule has 2 aromatic carbocycles. The fourth-order valence-electron chi connectivity index (χ4n) is 2.24. The molecule has 1 atom stereocenters. The number of carbonyl (C=O) groups is 1. The van der Waals surface area contributed by atoms with Gasteiger partial charge in [0.1, 0.15) is 5.75 Å². The van der Waals surface area contributed by atoms with E-state index in [0.717, 1.165) is 22.4 Å². The van der Waals surface area contributed by atoms with E-state index in [9.17, 15) is 4.79 Å². The summed E-state index contributed by atoms with van der Waals surface area (Å²) in [5.41, 5.74) is 4.15. The number of nitrogens with one attached hydrogen (secondary N) is 1. The van der Waals surface area contributed by atoms with E-state index in [2.05, 4.69) is 11.4 Å². The molecule has 3 heteroatoms. The van der Waals surface area contributed by atoms with E-state index >= 15 is 0 Å². The largest absolute Gasteiger partial charge is 0.481 e. The van der Waals surface area contributed by atoms with Crippen molar-refractivity contribution in [3.63, 3.8) is 0 Å². The number of hydrogen-bond donors (Lipinski definition) is 1. The SMILES string of the molecule is Cc1cc(C)cc(NC(=O)C(C)Oc2cccc(C)c2)c1. The highest BCUT2D eigenvalue weighted by atomic mass is 16.5. The Balaban J connectivity index is 2.02. The van der Waals surface area contributed by atoms with E-state index in [1.54, 1.807) is 6.92 Å². The lowest BCUT2D eigenvalue weighted by Gasteiger charge is -2.15. The number of aryl methyl sites for hydroxylation is 3. The van der Waals surface area contributed by atoms with E-state index in [1.165, 1.54) is 0 Å². The Morgan fingerprint density at radius 2 is 1.67 bits per heavy atom. The van der Waals surface area contributed by atoms with E-state index in [-0.39, 0.29) is 5.91 Å². The Hall–Kier alpha value is -2.29. The molecule has 0 aliphatic rings. The highest BCUT2D eigenvalue weighted by Crippen LogP contribution is 2.17. The summed E-state index contributed by atoms with van der Waals surface area (Å²) in [6.45, 7) is 7.76. The lowest BCUT2D eigenvalue weighted by molar-refractivity contribution is -0.122. The number of carbonyl (C=O) groups excluding carboxylic acids is 1. The molecule has 0 spiro atoms. The number of hydrogen-bond acceptors (Lipinski definition) is 2. The molecule has 110 valence electrons. The van der Waals surface area contributed by atoms with Crippen molar-refractivity contribution in [1.82, 2.24) is 0 Å². The molecule has 0 saturated heterocycles. The molecule has 21 heavy (non-hydrogen) atoms. The van der Waals surface area contributed by atoms with Crippen molar-refractivity contribution in [2.75, 3.05) is 5.32 Å². The highest BCUT2D eigenvalue weighted by Gasteiger charge is 2.15. The maximum atomic E-state index is 12.2. The number of amides is 1. The first-order chi connectivity index (χ1) is 9.94. The second kappa shape index (κ2) is 6.44. The van der Waals surface area contributed by atoms with Gasteiger partial charge >= 0.3 is 0 Å². The molecule has 1 amide bonds. The van der Waals surface area contributed by atoms with Crippen molar-refractivity contribution in [2.24, 2.45) is 0 Å². The van der Waals surface area contributed by atoms with Crippen molar-refractivity contribution < 1.29 is 9.53 Å². The van der Waals surface area contributed by atoms with Crippen LogP contribution in [-0.4, -0.2) is 12.0 Å². The zero-order chi connectivity index (χ0) is 15.4. The molecule has 0 fully saturated rings. The van der Waals surface area contributed by atoms with Crippen molar-refractivity contribution >= 4 is 11.6 Å². The normalized spacial score (nSPS) is 11.8. The molecule has 0 heterocycles. The summed E-state index contributed by atoms with van der Waals surface area (Å²) in [6.07, 6.45) is -0.549. The zero-order valence-electron chi connectivity index (χ0n) is 12.9. The minimum atomic E-state index is -0.549. The topological polar surface area (TPSA) is 38.3 Å². The van der Waals surface area contributed by atoms with Gasteiger partial charge < -0.3 is 10.1 Å². The van der Waals surface area contributed by atoms with Gasteiger partial charge in [-0.3, -0.25) is 4.79 Å². The monoisotopic (exact) mass is 283 g/mol. The van der Waals surface area contributed by atoms with Gasteiger partial charge in [0.15, 0.2) is 6.10 Å². The Kier molecular flexibility index (Phi) is 4.63. The molecule has 0 aliphatic heterocycles. The Bertz CT molecular complexity index is 629. The van der Waals surface area contributed by atoms with Gasteiger partial charge in [0.25, 0.3) is 5.91 Å². The number of rotatable bonds is 4. The summed E-state index contributed by atoms with van der Waals surface area (Å²) >= 11 is 0. The minimum absolute atomic E-state index is 0.151. The van der Waals surface area contributed by atoms with Crippen LogP contribution in [-0.2, 0) is 4.79 Å². The maximum absolute atomic E-state index is 12.2. The van der Waals surface area contributed by atoms with Crippen LogP contribution in [0.3, 0.4) is 0 Å². The first-order valence-electron chi connectivity index (χ1n) is 7.06. The summed E-state index contributed by atoms with van der Waals surface area (Å²) < 4.78 is 5.68. The fraction of sp³-hybridized carbons (Fsp3) is 0.278.